The van der Waals surface area contributed by atoms with Crippen LogP contribution in [-0.4, -0.2) is 26.4 Å². The fraction of sp³-hybridized carbons (Fsp3) is 0.192. The number of azo groups is 1. The van der Waals surface area contributed by atoms with Gasteiger partial charge < -0.3 is 9.88 Å². The molecule has 0 saturated carbocycles. The number of aromatic nitrogens is 3. The lowest BCUT2D eigenvalue weighted by molar-refractivity contribution is -0.113. The van der Waals surface area contributed by atoms with E-state index in [0.717, 1.165) is 28.2 Å². The maximum Gasteiger partial charge on any atom is 0.234 e. The standard InChI is InChI=1S/C26H26N6OS2/c1-19-8-10-20(11-9-19)16-34-17-24-30-31-26(32(24)2)35-18-25(33)27-21-12-14-23(15-13-21)29-28-22-6-4-3-5-7-22/h3-15H,16-18H2,1-2H3,(H,27,33). The van der Waals surface area contributed by atoms with Crippen LogP contribution in [0.1, 0.15) is 17.0 Å². The molecule has 9 heteroatoms. The SMILES string of the molecule is Cc1ccc(CSCc2nnc(SCC(=O)Nc3ccc(N=Nc4ccccc4)cc3)n2C)cc1. The molecule has 3 aromatic carbocycles. The molecule has 1 amide bonds. The normalized spacial score (nSPS) is 11.1. The number of anilines is 1. The molecular weight excluding hydrogens is 476 g/mol. The van der Waals surface area contributed by atoms with Gasteiger partial charge in [-0.1, -0.05) is 59.8 Å². The van der Waals surface area contributed by atoms with Gasteiger partial charge in [0.2, 0.25) is 5.91 Å². The summed E-state index contributed by atoms with van der Waals surface area (Å²) in [4.78, 5) is 12.4. The highest BCUT2D eigenvalue weighted by atomic mass is 32.2. The third-order valence-corrected chi connectivity index (χ3v) is 7.09. The Bertz CT molecular complexity index is 1270. The monoisotopic (exact) mass is 502 g/mol. The molecule has 178 valence electrons. The molecule has 35 heavy (non-hydrogen) atoms. The predicted octanol–water partition coefficient (Wildman–Crippen LogP) is 6.70. The quantitative estimate of drug-likeness (QED) is 0.193. The van der Waals surface area contributed by atoms with Crippen molar-refractivity contribution in [2.24, 2.45) is 17.3 Å². The van der Waals surface area contributed by atoms with Crippen LogP contribution in [0.15, 0.2) is 94.2 Å². The predicted molar refractivity (Wildman–Crippen MR) is 144 cm³/mol. The molecule has 1 aromatic heterocycles. The van der Waals surface area contributed by atoms with Crippen molar-refractivity contribution in [1.29, 1.82) is 0 Å². The van der Waals surface area contributed by atoms with Crippen LogP contribution in [0.3, 0.4) is 0 Å². The van der Waals surface area contributed by atoms with Crippen LogP contribution >= 0.6 is 23.5 Å². The van der Waals surface area contributed by atoms with Gasteiger partial charge in [-0.25, -0.2) is 0 Å². The Labute approximate surface area is 213 Å². The van der Waals surface area contributed by atoms with Gasteiger partial charge >= 0.3 is 0 Å². The summed E-state index contributed by atoms with van der Waals surface area (Å²) in [5, 5.41) is 20.6. The van der Waals surface area contributed by atoms with Gasteiger partial charge in [-0.3, -0.25) is 4.79 Å². The molecule has 0 spiro atoms. The van der Waals surface area contributed by atoms with E-state index in [1.54, 1.807) is 11.8 Å². The van der Waals surface area contributed by atoms with E-state index in [1.165, 1.54) is 22.9 Å². The largest absolute Gasteiger partial charge is 0.325 e. The zero-order chi connectivity index (χ0) is 24.5. The van der Waals surface area contributed by atoms with E-state index < -0.39 is 0 Å². The number of amides is 1. The highest BCUT2D eigenvalue weighted by Crippen LogP contribution is 2.22. The third-order valence-electron chi connectivity index (χ3n) is 5.07. The number of nitrogens with one attached hydrogen (secondary N) is 1. The van der Waals surface area contributed by atoms with Crippen molar-refractivity contribution in [3.8, 4) is 0 Å². The Kier molecular flexibility index (Phi) is 8.69. The van der Waals surface area contributed by atoms with E-state index in [1.807, 2.05) is 66.2 Å². The minimum Gasteiger partial charge on any atom is -0.325 e. The van der Waals surface area contributed by atoms with E-state index in [4.69, 9.17) is 0 Å². The first-order valence-corrected chi connectivity index (χ1v) is 13.2. The van der Waals surface area contributed by atoms with Crippen LogP contribution in [-0.2, 0) is 23.3 Å². The molecule has 4 rings (SSSR count). The zero-order valence-corrected chi connectivity index (χ0v) is 21.2. The molecule has 1 heterocycles. The maximum absolute atomic E-state index is 12.4. The van der Waals surface area contributed by atoms with Gasteiger partial charge in [0.15, 0.2) is 5.16 Å². The number of aryl methyl sites for hydroxylation is 1. The van der Waals surface area contributed by atoms with E-state index in [-0.39, 0.29) is 11.7 Å². The van der Waals surface area contributed by atoms with Gasteiger partial charge in [-0.15, -0.1) is 22.0 Å². The van der Waals surface area contributed by atoms with Crippen LogP contribution in [0.2, 0.25) is 0 Å². The van der Waals surface area contributed by atoms with Gasteiger partial charge in [0.05, 0.1) is 22.9 Å². The number of hydrogen-bond acceptors (Lipinski definition) is 7. The van der Waals surface area contributed by atoms with Gasteiger partial charge in [0.1, 0.15) is 5.82 Å². The number of carbonyl (C=O) groups excluding carboxylic acids is 1. The second-order valence-electron chi connectivity index (χ2n) is 7.86. The number of thioether (sulfide) groups is 2. The zero-order valence-electron chi connectivity index (χ0n) is 19.6. The fourth-order valence-electron chi connectivity index (χ4n) is 3.09. The van der Waals surface area contributed by atoms with E-state index in [0.29, 0.717) is 11.4 Å². The highest BCUT2D eigenvalue weighted by Gasteiger charge is 2.12. The van der Waals surface area contributed by atoms with Crippen molar-refractivity contribution in [3.05, 3.63) is 95.8 Å². The van der Waals surface area contributed by atoms with Crippen molar-refractivity contribution in [2.45, 2.75) is 23.6 Å². The third kappa shape index (κ3) is 7.53. The molecule has 0 radical (unpaired) electrons. The molecule has 4 aromatic rings. The van der Waals surface area contributed by atoms with Crippen molar-refractivity contribution >= 4 is 46.5 Å². The molecule has 0 saturated heterocycles. The highest BCUT2D eigenvalue weighted by molar-refractivity contribution is 7.99. The minimum atomic E-state index is -0.105. The smallest absolute Gasteiger partial charge is 0.234 e. The number of benzene rings is 3. The fourth-order valence-corrected chi connectivity index (χ4v) is 4.78. The first-order valence-electron chi connectivity index (χ1n) is 11.1. The first kappa shape index (κ1) is 24.7. The molecular formula is C26H26N6OS2. The van der Waals surface area contributed by atoms with E-state index in [9.17, 15) is 4.79 Å². The van der Waals surface area contributed by atoms with Crippen molar-refractivity contribution in [3.63, 3.8) is 0 Å². The molecule has 0 fully saturated rings. The van der Waals surface area contributed by atoms with Gasteiger partial charge in [-0.2, -0.15) is 10.2 Å². The van der Waals surface area contributed by atoms with E-state index in [2.05, 4.69) is 56.9 Å². The number of hydrogen-bond donors (Lipinski definition) is 1. The molecule has 0 atom stereocenters. The lowest BCUT2D eigenvalue weighted by Gasteiger charge is -2.06. The lowest BCUT2D eigenvalue weighted by atomic mass is 10.2. The minimum absolute atomic E-state index is 0.105. The second kappa shape index (κ2) is 12.3. The Hall–Kier alpha value is -3.43. The van der Waals surface area contributed by atoms with Gasteiger partial charge in [0, 0.05) is 18.5 Å². The summed E-state index contributed by atoms with van der Waals surface area (Å²) in [6, 6.07) is 25.4. The summed E-state index contributed by atoms with van der Waals surface area (Å²) in [5.74, 6) is 2.72. The summed E-state index contributed by atoms with van der Waals surface area (Å²) >= 11 is 3.17. The topological polar surface area (TPSA) is 84.5 Å². The summed E-state index contributed by atoms with van der Waals surface area (Å²) in [6.45, 7) is 2.09. The van der Waals surface area contributed by atoms with Crippen molar-refractivity contribution in [1.82, 2.24) is 14.8 Å². The van der Waals surface area contributed by atoms with Crippen LogP contribution in [0.4, 0.5) is 17.1 Å². The molecule has 0 bridgehead atoms. The summed E-state index contributed by atoms with van der Waals surface area (Å²) in [7, 11) is 1.94. The average molecular weight is 503 g/mol. The number of carbonyl (C=O) groups is 1. The van der Waals surface area contributed by atoms with Crippen LogP contribution in [0, 0.1) is 6.92 Å². The number of rotatable bonds is 10. The van der Waals surface area contributed by atoms with Gasteiger partial charge in [-0.05, 0) is 48.9 Å². The van der Waals surface area contributed by atoms with Crippen molar-refractivity contribution in [2.75, 3.05) is 11.1 Å². The molecule has 0 aliphatic heterocycles. The molecule has 0 aliphatic carbocycles. The summed E-state index contributed by atoms with van der Waals surface area (Å²) < 4.78 is 1.95. The van der Waals surface area contributed by atoms with Crippen LogP contribution in [0.25, 0.3) is 0 Å². The van der Waals surface area contributed by atoms with Crippen LogP contribution in [0.5, 0.6) is 0 Å². The maximum atomic E-state index is 12.4. The molecule has 0 aliphatic rings. The Morgan fingerprint density at radius 2 is 1.57 bits per heavy atom. The lowest BCUT2D eigenvalue weighted by Crippen LogP contribution is -2.14. The van der Waals surface area contributed by atoms with Crippen LogP contribution < -0.4 is 5.32 Å². The molecule has 7 nitrogen and oxygen atoms in total. The molecule has 0 unspecified atom stereocenters. The summed E-state index contributed by atoms with van der Waals surface area (Å²) in [6.07, 6.45) is 0. The Morgan fingerprint density at radius 3 is 2.29 bits per heavy atom. The Balaban J connectivity index is 1.22. The average Bonchev–Trinajstić information content (AvgIpc) is 3.23. The van der Waals surface area contributed by atoms with E-state index >= 15 is 0 Å². The second-order valence-corrected chi connectivity index (χ2v) is 9.78. The van der Waals surface area contributed by atoms with Gasteiger partial charge in [0.25, 0.3) is 0 Å². The first-order chi connectivity index (χ1) is 17.1. The number of nitrogens with zero attached hydrogens (tertiary/aromatic N) is 5. The van der Waals surface area contributed by atoms with Crippen molar-refractivity contribution < 1.29 is 4.79 Å². The Morgan fingerprint density at radius 1 is 0.886 bits per heavy atom. The molecule has 1 N–H and O–H groups in total. The summed E-state index contributed by atoms with van der Waals surface area (Å²) in [5.41, 5.74) is 4.77.